The average Bonchev–Trinajstić information content (AvgIpc) is 2.59. The van der Waals surface area contributed by atoms with E-state index in [9.17, 15) is 0 Å². The highest BCUT2D eigenvalue weighted by Crippen LogP contribution is 2.03. The van der Waals surface area contributed by atoms with Crippen LogP contribution in [0.15, 0.2) is 42.6 Å². The number of halogens is 1. The second kappa shape index (κ2) is 4.67. The predicted molar refractivity (Wildman–Crippen MR) is 49.3 cm³/mol. The van der Waals surface area contributed by atoms with Crippen LogP contribution in [0.25, 0.3) is 0 Å². The van der Waals surface area contributed by atoms with E-state index in [-0.39, 0.29) is 12.4 Å². The molecule has 0 aliphatic carbocycles. The zero-order valence-corrected chi connectivity index (χ0v) is 7.85. The molecule has 0 spiro atoms. The highest BCUT2D eigenvalue weighted by Gasteiger charge is 2.11. The van der Waals surface area contributed by atoms with Crippen LogP contribution >= 0.6 is 0 Å². The minimum absolute atomic E-state index is 0. The molecule has 1 aliphatic heterocycles. The molecule has 0 aromatic heterocycles. The molecule has 0 saturated carbocycles. The number of allylic oxidation sites excluding steroid dienone is 1. The average molecular weight is 194 g/mol. The summed E-state index contributed by atoms with van der Waals surface area (Å²) in [6, 6.07) is 10.3. The van der Waals surface area contributed by atoms with E-state index in [0.29, 0.717) is 0 Å². The van der Waals surface area contributed by atoms with Gasteiger partial charge in [-0.2, -0.15) is 0 Å². The first-order chi connectivity index (χ1) is 5.95. The van der Waals surface area contributed by atoms with Crippen LogP contribution < -0.4 is 17.5 Å². The first-order valence-electron chi connectivity index (χ1n) is 3.96. The number of nitrogens with zero attached hydrogens (tertiary/aromatic N) is 2. The Morgan fingerprint density at radius 2 is 1.92 bits per heavy atom. The van der Waals surface area contributed by atoms with Gasteiger partial charge >= 0.3 is 0 Å². The van der Waals surface area contributed by atoms with Crippen molar-refractivity contribution in [1.29, 1.82) is 0 Å². The minimum Gasteiger partial charge on any atom is -1.00 e. The van der Waals surface area contributed by atoms with Crippen molar-refractivity contribution in [3.05, 3.63) is 48.2 Å². The van der Waals surface area contributed by atoms with Gasteiger partial charge in [0.05, 0.1) is 6.20 Å². The molecule has 2 nitrogen and oxygen atoms in total. The van der Waals surface area contributed by atoms with Crippen LogP contribution in [0.4, 0.5) is 0 Å². The molecule has 0 atom stereocenters. The normalized spacial score (nSPS) is 13.1. The summed E-state index contributed by atoms with van der Waals surface area (Å²) in [7, 11) is 0. The van der Waals surface area contributed by atoms with Gasteiger partial charge in [0.1, 0.15) is 6.54 Å². The Morgan fingerprint density at radius 1 is 1.15 bits per heavy atom. The van der Waals surface area contributed by atoms with Gasteiger partial charge in [-0.05, 0) is 5.56 Å². The maximum atomic E-state index is 4.13. The molecular weight excluding hydrogens is 184 g/mol. The molecule has 67 valence electrons. The lowest BCUT2D eigenvalue weighted by atomic mass is 10.2. The van der Waals surface area contributed by atoms with Gasteiger partial charge in [0.25, 0.3) is 6.21 Å². The molecule has 1 aromatic rings. The standard InChI is InChI=1S/C10H10N2.ClH/c1-2-5-10(6-3-1)9-12-8-4-7-11-12;/h1-8H,9H2;1H/q+1;/p-1. The van der Waals surface area contributed by atoms with Crippen molar-refractivity contribution in [3.63, 3.8) is 0 Å². The van der Waals surface area contributed by atoms with Crippen molar-refractivity contribution in [2.75, 3.05) is 0 Å². The Hall–Kier alpha value is -1.28. The molecule has 3 heteroatoms. The van der Waals surface area contributed by atoms with E-state index in [0.717, 1.165) is 6.54 Å². The van der Waals surface area contributed by atoms with Crippen LogP contribution in [0.1, 0.15) is 5.56 Å². The topological polar surface area (TPSA) is 17.3 Å². The molecule has 0 bridgehead atoms. The van der Waals surface area contributed by atoms with Crippen LogP contribution in [-0.4, -0.2) is 11.2 Å². The lowest BCUT2D eigenvalue weighted by molar-refractivity contribution is -0.00000249. The van der Waals surface area contributed by atoms with Crippen LogP contribution in [0.2, 0.25) is 0 Å². The fraction of sp³-hybridized carbons (Fsp3) is 0.100. The summed E-state index contributed by atoms with van der Waals surface area (Å²) in [5.41, 5.74) is 1.28. The van der Waals surface area contributed by atoms with E-state index in [1.807, 2.05) is 35.5 Å². The maximum absolute atomic E-state index is 4.13. The van der Waals surface area contributed by atoms with Crippen molar-refractivity contribution < 1.29 is 12.4 Å². The molecule has 0 fully saturated rings. The van der Waals surface area contributed by atoms with Gasteiger partial charge in [-0.15, -0.1) is 0 Å². The molecule has 1 aromatic carbocycles. The third-order valence-corrected chi connectivity index (χ3v) is 1.75. The molecule has 13 heavy (non-hydrogen) atoms. The number of rotatable bonds is 2. The maximum Gasteiger partial charge on any atom is 0.277 e. The molecular formula is C10H10ClN2. The Balaban J connectivity index is 0.000000845. The zero-order chi connectivity index (χ0) is 8.23. The zero-order valence-electron chi connectivity index (χ0n) is 7.10. The first-order valence-corrected chi connectivity index (χ1v) is 3.96. The summed E-state index contributed by atoms with van der Waals surface area (Å²) >= 11 is 0. The van der Waals surface area contributed by atoms with Gasteiger partial charge in [-0.1, -0.05) is 35.3 Å². The molecule has 0 amide bonds. The van der Waals surface area contributed by atoms with Crippen LogP contribution in [0.3, 0.4) is 0 Å². The Bertz CT molecular complexity index is 294. The van der Waals surface area contributed by atoms with E-state index < -0.39 is 0 Å². The van der Waals surface area contributed by atoms with Crippen LogP contribution in [0, 0.1) is 0 Å². The Labute approximate surface area is 84.0 Å². The molecule has 2 rings (SSSR count). The van der Waals surface area contributed by atoms with Crippen molar-refractivity contribution in [2.45, 2.75) is 6.54 Å². The Morgan fingerprint density at radius 3 is 2.54 bits per heavy atom. The summed E-state index contributed by atoms with van der Waals surface area (Å²) in [5, 5.41) is 6.04. The van der Waals surface area contributed by atoms with Crippen LogP contribution in [0.5, 0.6) is 0 Å². The van der Waals surface area contributed by atoms with Crippen molar-refractivity contribution >= 4 is 6.21 Å². The smallest absolute Gasteiger partial charge is 0.277 e. The van der Waals surface area contributed by atoms with E-state index in [1.54, 1.807) is 6.21 Å². The molecule has 1 aliphatic rings. The number of hydrazone groups is 1. The highest BCUT2D eigenvalue weighted by molar-refractivity contribution is 5.71. The Kier molecular flexibility index (Phi) is 3.53. The molecule has 0 saturated heterocycles. The third kappa shape index (κ3) is 2.60. The van der Waals surface area contributed by atoms with Gasteiger partial charge in [0.15, 0.2) is 5.10 Å². The largest absolute Gasteiger partial charge is 1.00 e. The number of benzene rings is 1. The van der Waals surface area contributed by atoms with Gasteiger partial charge in [-0.3, -0.25) is 0 Å². The van der Waals surface area contributed by atoms with Gasteiger partial charge in [0.2, 0.25) is 0 Å². The molecule has 1 radical (unpaired) electrons. The predicted octanol–water partition coefficient (Wildman–Crippen LogP) is -1.66. The summed E-state index contributed by atoms with van der Waals surface area (Å²) < 4.78 is 0. The summed E-state index contributed by atoms with van der Waals surface area (Å²) in [5.74, 6) is 0. The molecule has 1 heterocycles. The van der Waals surface area contributed by atoms with E-state index in [4.69, 9.17) is 0 Å². The van der Waals surface area contributed by atoms with E-state index in [1.165, 1.54) is 5.56 Å². The second-order valence-corrected chi connectivity index (χ2v) is 2.69. The lowest BCUT2D eigenvalue weighted by Gasteiger charge is -2.00. The SMILES string of the molecule is C1=CN(Cc2ccccc2)[N+]=C1.[Cl-]. The van der Waals surface area contributed by atoms with E-state index in [2.05, 4.69) is 17.2 Å². The summed E-state index contributed by atoms with van der Waals surface area (Å²) in [6.45, 7) is 0.855. The summed E-state index contributed by atoms with van der Waals surface area (Å²) in [6.07, 6.45) is 5.69. The second-order valence-electron chi connectivity index (χ2n) is 2.69. The summed E-state index contributed by atoms with van der Waals surface area (Å²) in [4.78, 5) is 0. The minimum atomic E-state index is 0. The van der Waals surface area contributed by atoms with Crippen LogP contribution in [-0.2, 0) is 6.54 Å². The first kappa shape index (κ1) is 9.81. The number of hydrogen-bond acceptors (Lipinski definition) is 2. The molecule has 0 unspecified atom stereocenters. The monoisotopic (exact) mass is 193 g/mol. The quantitative estimate of drug-likeness (QED) is 0.550. The van der Waals surface area contributed by atoms with E-state index >= 15 is 0 Å². The fourth-order valence-corrected chi connectivity index (χ4v) is 1.16. The molecule has 0 N–H and O–H groups in total. The lowest BCUT2D eigenvalue weighted by Crippen LogP contribution is -3.00. The van der Waals surface area contributed by atoms with Gasteiger partial charge in [-0.25, -0.2) is 0 Å². The van der Waals surface area contributed by atoms with Gasteiger partial charge < -0.3 is 12.4 Å². The van der Waals surface area contributed by atoms with Crippen molar-refractivity contribution in [3.8, 4) is 0 Å². The van der Waals surface area contributed by atoms with Crippen molar-refractivity contribution in [2.24, 2.45) is 0 Å². The number of hydrogen-bond donors (Lipinski definition) is 0. The van der Waals surface area contributed by atoms with Gasteiger partial charge in [0, 0.05) is 6.08 Å². The fourth-order valence-electron chi connectivity index (χ4n) is 1.16. The third-order valence-electron chi connectivity index (χ3n) is 1.75. The van der Waals surface area contributed by atoms with Crippen molar-refractivity contribution in [1.82, 2.24) is 10.1 Å². The highest BCUT2D eigenvalue weighted by atomic mass is 35.5.